The van der Waals surface area contributed by atoms with Crippen molar-refractivity contribution >= 4 is 27.5 Å². The first-order chi connectivity index (χ1) is 9.84. The molecule has 7 heteroatoms. The van der Waals surface area contributed by atoms with E-state index in [1.165, 1.54) is 11.8 Å². The average Bonchev–Trinajstić information content (AvgIpc) is 2.40. The van der Waals surface area contributed by atoms with Crippen molar-refractivity contribution in [1.82, 2.24) is 4.72 Å². The second kappa shape index (κ2) is 8.63. The van der Waals surface area contributed by atoms with Crippen LogP contribution >= 0.6 is 11.8 Å². The predicted molar refractivity (Wildman–Crippen MR) is 88.8 cm³/mol. The molecule has 0 fully saturated rings. The quantitative estimate of drug-likeness (QED) is 0.473. The molecule has 5 nitrogen and oxygen atoms in total. The van der Waals surface area contributed by atoms with Crippen LogP contribution in [0.4, 0.5) is 5.69 Å². The molecule has 0 amide bonds. The Balaban J connectivity index is 2.46. The molecule has 1 aromatic carbocycles. The zero-order valence-corrected chi connectivity index (χ0v) is 14.1. The van der Waals surface area contributed by atoms with Crippen LogP contribution in [0.2, 0.25) is 0 Å². The summed E-state index contributed by atoms with van der Waals surface area (Å²) in [5.74, 6) is 0.677. The lowest BCUT2D eigenvalue weighted by Gasteiger charge is -2.21. The second-order valence-electron chi connectivity index (χ2n) is 5.22. The van der Waals surface area contributed by atoms with Crippen molar-refractivity contribution in [1.29, 1.82) is 0 Å². The molecule has 120 valence electrons. The number of rotatable bonds is 9. The number of nitrogen functional groups attached to an aromatic ring is 1. The fourth-order valence-corrected chi connectivity index (χ4v) is 4.53. The van der Waals surface area contributed by atoms with Crippen LogP contribution in [0.25, 0.3) is 0 Å². The van der Waals surface area contributed by atoms with E-state index in [4.69, 9.17) is 10.8 Å². The third-order valence-corrected chi connectivity index (χ3v) is 5.75. The molecule has 1 atom stereocenters. The lowest BCUT2D eigenvalue weighted by molar-refractivity contribution is 0.256. The number of nitrogens with one attached hydrogen (secondary N) is 1. The molecular formula is C14H24N2O3S2. The van der Waals surface area contributed by atoms with Crippen LogP contribution in [0, 0.1) is 5.92 Å². The van der Waals surface area contributed by atoms with Gasteiger partial charge >= 0.3 is 0 Å². The molecule has 0 aliphatic rings. The highest BCUT2D eigenvalue weighted by atomic mass is 32.2. The fourth-order valence-electron chi connectivity index (χ4n) is 1.79. The van der Waals surface area contributed by atoms with E-state index in [-0.39, 0.29) is 24.3 Å². The minimum absolute atomic E-state index is 0.0223. The maximum Gasteiger partial charge on any atom is 0.212 e. The summed E-state index contributed by atoms with van der Waals surface area (Å²) in [5, 5.41) is 8.98. The molecule has 0 aliphatic carbocycles. The Bertz CT molecular complexity index is 516. The maximum atomic E-state index is 12.0. The molecule has 0 heterocycles. The van der Waals surface area contributed by atoms with Gasteiger partial charge in [-0.3, -0.25) is 0 Å². The van der Waals surface area contributed by atoms with Gasteiger partial charge in [-0.25, -0.2) is 13.1 Å². The second-order valence-corrected chi connectivity index (χ2v) is 8.26. The predicted octanol–water partition coefficient (Wildman–Crippen LogP) is 1.69. The summed E-state index contributed by atoms with van der Waals surface area (Å²) in [6.07, 6.45) is 0.433. The van der Waals surface area contributed by atoms with E-state index >= 15 is 0 Å². The molecule has 0 saturated heterocycles. The van der Waals surface area contributed by atoms with E-state index < -0.39 is 10.0 Å². The number of anilines is 1. The summed E-state index contributed by atoms with van der Waals surface area (Å²) in [6, 6.07) is 7.13. The summed E-state index contributed by atoms with van der Waals surface area (Å²) in [6.45, 7) is 3.85. The van der Waals surface area contributed by atoms with Gasteiger partial charge in [-0.2, -0.15) is 0 Å². The number of hydrogen-bond donors (Lipinski definition) is 3. The molecule has 21 heavy (non-hydrogen) atoms. The van der Waals surface area contributed by atoms with E-state index in [1.807, 2.05) is 26.0 Å². The summed E-state index contributed by atoms with van der Waals surface area (Å²) < 4.78 is 26.7. The molecule has 0 bridgehead atoms. The number of hydrogen-bond acceptors (Lipinski definition) is 5. The molecule has 1 unspecified atom stereocenters. The monoisotopic (exact) mass is 332 g/mol. The minimum Gasteiger partial charge on any atom is -0.399 e. The minimum atomic E-state index is -3.33. The van der Waals surface area contributed by atoms with Gasteiger partial charge in [0.1, 0.15) is 0 Å². The zero-order chi connectivity index (χ0) is 15.9. The van der Waals surface area contributed by atoms with E-state index in [0.717, 1.165) is 4.90 Å². The molecule has 0 aromatic heterocycles. The van der Waals surface area contributed by atoms with Gasteiger partial charge in [0.05, 0.1) is 5.75 Å². The van der Waals surface area contributed by atoms with Crippen molar-refractivity contribution in [3.8, 4) is 0 Å². The lowest BCUT2D eigenvalue weighted by Crippen LogP contribution is -2.40. The Morgan fingerprint density at radius 3 is 2.43 bits per heavy atom. The van der Waals surface area contributed by atoms with E-state index in [9.17, 15) is 8.42 Å². The smallest absolute Gasteiger partial charge is 0.212 e. The Hall–Kier alpha value is -0.760. The van der Waals surface area contributed by atoms with Crippen LogP contribution in [-0.2, 0) is 10.0 Å². The SMILES string of the molecule is CC(C)C(CCO)NS(=O)(=O)CCSc1ccc(N)cc1. The Labute approximate surface area is 131 Å². The van der Waals surface area contributed by atoms with Gasteiger partial charge in [0.2, 0.25) is 10.0 Å². The van der Waals surface area contributed by atoms with Crippen molar-refractivity contribution in [3.63, 3.8) is 0 Å². The van der Waals surface area contributed by atoms with Crippen LogP contribution in [0.5, 0.6) is 0 Å². The standard InChI is InChI=1S/C14H24N2O3S2/c1-11(2)14(7-8-17)16-21(18,19)10-9-20-13-5-3-12(15)4-6-13/h3-6,11,14,16-17H,7-10,15H2,1-2H3. The summed E-state index contributed by atoms with van der Waals surface area (Å²) in [7, 11) is -3.33. The highest BCUT2D eigenvalue weighted by Gasteiger charge is 2.20. The van der Waals surface area contributed by atoms with Gasteiger partial charge < -0.3 is 10.8 Å². The number of aliphatic hydroxyl groups excluding tert-OH is 1. The largest absolute Gasteiger partial charge is 0.399 e. The summed E-state index contributed by atoms with van der Waals surface area (Å²) in [4.78, 5) is 0.996. The van der Waals surface area contributed by atoms with Crippen molar-refractivity contribution in [2.24, 2.45) is 5.92 Å². The van der Waals surface area contributed by atoms with Crippen molar-refractivity contribution in [3.05, 3.63) is 24.3 Å². The van der Waals surface area contributed by atoms with E-state index in [0.29, 0.717) is 17.9 Å². The highest BCUT2D eigenvalue weighted by Crippen LogP contribution is 2.19. The van der Waals surface area contributed by atoms with Crippen molar-refractivity contribution in [2.45, 2.75) is 31.2 Å². The molecule has 1 aromatic rings. The van der Waals surface area contributed by atoms with Crippen LogP contribution < -0.4 is 10.5 Å². The zero-order valence-electron chi connectivity index (χ0n) is 12.5. The Morgan fingerprint density at radius 2 is 1.90 bits per heavy atom. The van der Waals surface area contributed by atoms with Gasteiger partial charge in [-0.1, -0.05) is 13.8 Å². The molecule has 0 spiro atoms. The normalized spacial score (nSPS) is 13.5. The molecular weight excluding hydrogens is 308 g/mol. The van der Waals surface area contributed by atoms with Crippen molar-refractivity contribution < 1.29 is 13.5 Å². The third-order valence-electron chi connectivity index (χ3n) is 3.08. The number of sulfonamides is 1. The van der Waals surface area contributed by atoms with Gasteiger partial charge in [0.15, 0.2) is 0 Å². The first-order valence-corrected chi connectivity index (χ1v) is 9.57. The number of aliphatic hydroxyl groups is 1. The van der Waals surface area contributed by atoms with E-state index in [2.05, 4.69) is 4.72 Å². The summed E-state index contributed by atoms with van der Waals surface area (Å²) in [5.41, 5.74) is 6.29. The van der Waals surface area contributed by atoms with Gasteiger partial charge in [-0.15, -0.1) is 11.8 Å². The highest BCUT2D eigenvalue weighted by molar-refractivity contribution is 8.00. The van der Waals surface area contributed by atoms with Gasteiger partial charge in [-0.05, 0) is 36.6 Å². The van der Waals surface area contributed by atoms with Crippen molar-refractivity contribution in [2.75, 3.05) is 23.8 Å². The summed E-state index contributed by atoms with van der Waals surface area (Å²) >= 11 is 1.48. The number of benzene rings is 1. The van der Waals surface area contributed by atoms with Crippen LogP contribution in [-0.4, -0.2) is 37.7 Å². The lowest BCUT2D eigenvalue weighted by atomic mass is 10.0. The van der Waals surface area contributed by atoms with E-state index in [1.54, 1.807) is 12.1 Å². The topological polar surface area (TPSA) is 92.4 Å². The first-order valence-electron chi connectivity index (χ1n) is 6.93. The number of nitrogens with two attached hydrogens (primary N) is 1. The molecule has 0 radical (unpaired) electrons. The van der Waals surface area contributed by atoms with Gasteiger partial charge in [0, 0.05) is 29.0 Å². The average molecular weight is 332 g/mol. The molecule has 0 aliphatic heterocycles. The molecule has 1 rings (SSSR count). The Morgan fingerprint density at radius 1 is 1.29 bits per heavy atom. The molecule has 4 N–H and O–H groups in total. The first kappa shape index (κ1) is 18.3. The van der Waals surface area contributed by atoms with Gasteiger partial charge in [0.25, 0.3) is 0 Å². The maximum absolute atomic E-state index is 12.0. The third kappa shape index (κ3) is 7.17. The van der Waals surface area contributed by atoms with Crippen LogP contribution in [0.1, 0.15) is 20.3 Å². The molecule has 0 saturated carbocycles. The number of thioether (sulfide) groups is 1. The van der Waals surface area contributed by atoms with Crippen LogP contribution in [0.3, 0.4) is 0 Å². The Kier molecular flexibility index (Phi) is 7.51. The van der Waals surface area contributed by atoms with Crippen LogP contribution in [0.15, 0.2) is 29.2 Å². The fraction of sp³-hybridized carbons (Fsp3) is 0.571.